The van der Waals surface area contributed by atoms with E-state index < -0.39 is 0 Å². The van der Waals surface area contributed by atoms with Gasteiger partial charge in [-0.1, -0.05) is 31.4 Å². The molecule has 1 N–H and O–H groups in total. The molecule has 1 amide bonds. The summed E-state index contributed by atoms with van der Waals surface area (Å²) < 4.78 is 0. The fourth-order valence-corrected chi connectivity index (χ4v) is 5.05. The number of amides is 1. The molecule has 0 unspecified atom stereocenters. The summed E-state index contributed by atoms with van der Waals surface area (Å²) >= 11 is 0. The number of para-hydroxylation sites is 1. The first-order chi connectivity index (χ1) is 16.1. The topological polar surface area (TPSA) is 64.6 Å². The van der Waals surface area contributed by atoms with Gasteiger partial charge in [-0.15, -0.1) is 0 Å². The van der Waals surface area contributed by atoms with E-state index in [0.29, 0.717) is 11.8 Å². The summed E-state index contributed by atoms with van der Waals surface area (Å²) in [5.41, 5.74) is 0.985. The van der Waals surface area contributed by atoms with Crippen LogP contribution in [0.15, 0.2) is 24.3 Å². The highest BCUT2D eigenvalue weighted by atomic mass is 16.2. The van der Waals surface area contributed by atoms with E-state index in [1.54, 1.807) is 0 Å². The Balaban J connectivity index is 1.32. The average Bonchev–Trinajstić information content (AvgIpc) is 2.82. The van der Waals surface area contributed by atoms with Crippen LogP contribution in [0.3, 0.4) is 0 Å². The van der Waals surface area contributed by atoms with Gasteiger partial charge in [0.2, 0.25) is 5.91 Å². The van der Waals surface area contributed by atoms with E-state index in [4.69, 9.17) is 9.97 Å². The maximum Gasteiger partial charge on any atom is 0.222 e. The Morgan fingerprint density at radius 3 is 2.58 bits per heavy atom. The summed E-state index contributed by atoms with van der Waals surface area (Å²) in [6, 6.07) is 8.23. The van der Waals surface area contributed by atoms with Gasteiger partial charge in [0.1, 0.15) is 11.6 Å². The normalized spacial score (nSPS) is 18.2. The fourth-order valence-electron chi connectivity index (χ4n) is 5.05. The lowest BCUT2D eigenvalue weighted by molar-refractivity contribution is -0.134. The number of fused-ring (bicyclic) bond motifs is 1. The predicted octanol–water partition coefficient (Wildman–Crippen LogP) is 3.61. The van der Waals surface area contributed by atoms with Gasteiger partial charge in [0, 0.05) is 44.5 Å². The van der Waals surface area contributed by atoms with Gasteiger partial charge in [-0.2, -0.15) is 0 Å². The van der Waals surface area contributed by atoms with Crippen molar-refractivity contribution in [3.63, 3.8) is 0 Å². The van der Waals surface area contributed by atoms with Crippen molar-refractivity contribution in [1.29, 1.82) is 0 Å². The van der Waals surface area contributed by atoms with Crippen LogP contribution in [0.25, 0.3) is 10.9 Å². The summed E-state index contributed by atoms with van der Waals surface area (Å²) in [7, 11) is 4.20. The molecule has 1 aliphatic heterocycles. The molecule has 4 rings (SSSR count). The molecule has 33 heavy (non-hydrogen) atoms. The zero-order valence-corrected chi connectivity index (χ0v) is 20.4. The molecule has 0 spiro atoms. The van der Waals surface area contributed by atoms with Crippen molar-refractivity contribution in [3.05, 3.63) is 30.1 Å². The highest BCUT2D eigenvalue weighted by Crippen LogP contribution is 2.27. The number of carbonyl (C=O) groups is 1. The van der Waals surface area contributed by atoms with Crippen LogP contribution in [0.5, 0.6) is 0 Å². The van der Waals surface area contributed by atoms with E-state index in [2.05, 4.69) is 46.2 Å². The number of aromatic nitrogens is 2. The lowest BCUT2D eigenvalue weighted by atomic mass is 9.86. The molecule has 1 aromatic carbocycles. The zero-order chi connectivity index (χ0) is 23.0. The van der Waals surface area contributed by atoms with Gasteiger partial charge in [-0.25, -0.2) is 9.97 Å². The summed E-state index contributed by atoms with van der Waals surface area (Å²) in [6.07, 6.45) is 8.21. The molecular formula is C26H40N6O. The van der Waals surface area contributed by atoms with E-state index in [-0.39, 0.29) is 0 Å². The van der Waals surface area contributed by atoms with Crippen molar-refractivity contribution in [2.75, 3.05) is 58.7 Å². The summed E-state index contributed by atoms with van der Waals surface area (Å²) in [5.74, 6) is 2.74. The van der Waals surface area contributed by atoms with E-state index in [1.807, 2.05) is 12.1 Å². The van der Waals surface area contributed by atoms with Gasteiger partial charge >= 0.3 is 0 Å². The predicted molar refractivity (Wildman–Crippen MR) is 134 cm³/mol. The Kier molecular flexibility index (Phi) is 8.51. The molecule has 1 saturated heterocycles. The van der Waals surface area contributed by atoms with Crippen molar-refractivity contribution >= 4 is 22.6 Å². The molecule has 2 aliphatic rings. The molecule has 2 heterocycles. The van der Waals surface area contributed by atoms with Gasteiger partial charge in [0.25, 0.3) is 0 Å². The largest absolute Gasteiger partial charge is 0.369 e. The number of anilines is 1. The second kappa shape index (κ2) is 11.7. The van der Waals surface area contributed by atoms with Crippen LogP contribution in [0.4, 0.5) is 5.82 Å². The Hall–Kier alpha value is -2.25. The standard InChI is InChI=1S/C26H40N6O/c1-30(2)14-8-13-27-26-22-11-6-7-12-23(22)28-24(29-26)20-31-15-17-32(18-16-31)25(33)19-21-9-4-3-5-10-21/h6-7,11-12,21H,3-5,8-10,13-20H2,1-2H3,(H,27,28,29). The minimum atomic E-state index is 0.354. The maximum absolute atomic E-state index is 12.8. The van der Waals surface area contributed by atoms with Crippen LogP contribution >= 0.6 is 0 Å². The molecule has 1 aliphatic carbocycles. The summed E-state index contributed by atoms with van der Waals surface area (Å²) in [5, 5.41) is 4.61. The summed E-state index contributed by atoms with van der Waals surface area (Å²) in [6.45, 7) is 6.06. The Bertz CT molecular complexity index is 903. The third-order valence-corrected chi connectivity index (χ3v) is 7.00. The smallest absolute Gasteiger partial charge is 0.222 e. The van der Waals surface area contributed by atoms with Crippen LogP contribution in [0.1, 0.15) is 50.8 Å². The van der Waals surface area contributed by atoms with Gasteiger partial charge in [-0.05, 0) is 58.0 Å². The minimum absolute atomic E-state index is 0.354. The molecule has 180 valence electrons. The zero-order valence-electron chi connectivity index (χ0n) is 20.4. The van der Waals surface area contributed by atoms with Crippen LogP contribution in [0.2, 0.25) is 0 Å². The quantitative estimate of drug-likeness (QED) is 0.587. The van der Waals surface area contributed by atoms with Crippen LogP contribution < -0.4 is 5.32 Å². The lowest BCUT2D eigenvalue weighted by Gasteiger charge is -2.35. The van der Waals surface area contributed by atoms with E-state index in [9.17, 15) is 4.79 Å². The van der Waals surface area contributed by atoms with Gasteiger partial charge in [0.05, 0.1) is 12.1 Å². The van der Waals surface area contributed by atoms with Crippen molar-refractivity contribution in [2.45, 2.75) is 51.5 Å². The Morgan fingerprint density at radius 2 is 1.82 bits per heavy atom. The number of carbonyl (C=O) groups excluding carboxylic acids is 1. The molecule has 7 nitrogen and oxygen atoms in total. The maximum atomic E-state index is 12.8. The molecule has 0 radical (unpaired) electrons. The monoisotopic (exact) mass is 452 g/mol. The van der Waals surface area contributed by atoms with Gasteiger partial charge < -0.3 is 15.1 Å². The number of nitrogens with zero attached hydrogens (tertiary/aromatic N) is 5. The second-order valence-corrected chi connectivity index (χ2v) is 9.95. The molecule has 7 heteroatoms. The first-order valence-electron chi connectivity index (χ1n) is 12.7. The Morgan fingerprint density at radius 1 is 1.06 bits per heavy atom. The van der Waals surface area contributed by atoms with Crippen molar-refractivity contribution in [3.8, 4) is 0 Å². The fraction of sp³-hybridized carbons (Fsp3) is 0.654. The van der Waals surface area contributed by atoms with E-state index in [0.717, 1.165) is 81.2 Å². The molecule has 1 aromatic heterocycles. The highest BCUT2D eigenvalue weighted by molar-refractivity contribution is 5.88. The molecule has 0 bridgehead atoms. The molecular weight excluding hydrogens is 412 g/mol. The number of benzene rings is 1. The van der Waals surface area contributed by atoms with Crippen LogP contribution in [0, 0.1) is 5.92 Å². The minimum Gasteiger partial charge on any atom is -0.369 e. The summed E-state index contributed by atoms with van der Waals surface area (Å²) in [4.78, 5) is 29.1. The van der Waals surface area contributed by atoms with Crippen molar-refractivity contribution in [2.24, 2.45) is 5.92 Å². The highest BCUT2D eigenvalue weighted by Gasteiger charge is 2.25. The van der Waals surface area contributed by atoms with Gasteiger partial charge in [-0.3, -0.25) is 9.69 Å². The second-order valence-electron chi connectivity index (χ2n) is 9.95. The number of hydrogen-bond donors (Lipinski definition) is 1. The third kappa shape index (κ3) is 6.87. The van der Waals surface area contributed by atoms with E-state index >= 15 is 0 Å². The van der Waals surface area contributed by atoms with Crippen LogP contribution in [-0.4, -0.2) is 83.9 Å². The SMILES string of the molecule is CN(C)CCCNc1nc(CN2CCN(C(=O)CC3CCCCC3)CC2)nc2ccccc12. The Labute approximate surface area is 198 Å². The van der Waals surface area contributed by atoms with Crippen molar-refractivity contribution < 1.29 is 4.79 Å². The van der Waals surface area contributed by atoms with E-state index in [1.165, 1.54) is 32.1 Å². The average molecular weight is 453 g/mol. The molecule has 0 atom stereocenters. The number of hydrogen-bond acceptors (Lipinski definition) is 6. The van der Waals surface area contributed by atoms with Crippen LogP contribution in [-0.2, 0) is 11.3 Å². The number of piperazine rings is 1. The van der Waals surface area contributed by atoms with Gasteiger partial charge in [0.15, 0.2) is 0 Å². The molecule has 2 fully saturated rings. The molecule has 1 saturated carbocycles. The first kappa shape index (κ1) is 23.9. The molecule has 2 aromatic rings. The number of rotatable bonds is 9. The van der Waals surface area contributed by atoms with Crippen molar-refractivity contribution in [1.82, 2.24) is 24.7 Å². The third-order valence-electron chi connectivity index (χ3n) is 7.00. The number of nitrogens with one attached hydrogen (secondary N) is 1. The first-order valence-corrected chi connectivity index (χ1v) is 12.7. The lowest BCUT2D eigenvalue weighted by Crippen LogP contribution is -2.48.